The Hall–Kier alpha value is -1.39. The first-order chi connectivity index (χ1) is 9.81. The maximum absolute atomic E-state index is 12.4. The van der Waals surface area contributed by atoms with Crippen LogP contribution in [0.1, 0.15) is 29.6 Å². The van der Waals surface area contributed by atoms with E-state index in [0.29, 0.717) is 36.9 Å². The zero-order chi connectivity index (χ0) is 14.2. The van der Waals surface area contributed by atoms with Gasteiger partial charge < -0.3 is 14.8 Å². The number of hydrogen-bond donors (Lipinski definition) is 1. The number of ether oxygens (including phenoxy) is 2. The highest BCUT2D eigenvalue weighted by Crippen LogP contribution is 2.23. The fourth-order valence-electron chi connectivity index (χ4n) is 2.53. The molecule has 0 saturated carbocycles. The molecule has 1 N–H and O–H groups in total. The van der Waals surface area contributed by atoms with Gasteiger partial charge in [-0.2, -0.15) is 0 Å². The standard InChI is InChI=1S/C16H23NO3/c1-19-9-10-20-16-7-3-2-6-14(16)15(18)11-13-5-4-8-17-12-13/h2-3,6-7,13,17H,4-5,8-12H2,1H3. The van der Waals surface area contributed by atoms with Crippen LogP contribution in [0.15, 0.2) is 24.3 Å². The van der Waals surface area contributed by atoms with Gasteiger partial charge in [0.05, 0.1) is 12.2 Å². The Morgan fingerprint density at radius 2 is 2.20 bits per heavy atom. The zero-order valence-corrected chi connectivity index (χ0v) is 12.1. The average Bonchev–Trinajstić information content (AvgIpc) is 2.49. The minimum atomic E-state index is 0.173. The fraction of sp³-hybridized carbons (Fsp3) is 0.562. The molecule has 0 amide bonds. The van der Waals surface area contributed by atoms with Crippen molar-refractivity contribution in [1.82, 2.24) is 5.32 Å². The summed E-state index contributed by atoms with van der Waals surface area (Å²) in [5.74, 6) is 1.29. The SMILES string of the molecule is COCCOc1ccccc1C(=O)CC1CCCNC1. The number of benzene rings is 1. The maximum Gasteiger partial charge on any atom is 0.166 e. The third-order valence-electron chi connectivity index (χ3n) is 3.61. The van der Waals surface area contributed by atoms with E-state index in [4.69, 9.17) is 9.47 Å². The average molecular weight is 277 g/mol. The van der Waals surface area contributed by atoms with Gasteiger partial charge in [-0.15, -0.1) is 0 Å². The van der Waals surface area contributed by atoms with Crippen LogP contribution in [0, 0.1) is 5.92 Å². The molecule has 1 aliphatic heterocycles. The molecule has 4 nitrogen and oxygen atoms in total. The van der Waals surface area contributed by atoms with Crippen LogP contribution in [0.5, 0.6) is 5.75 Å². The molecule has 0 aliphatic carbocycles. The van der Waals surface area contributed by atoms with Crippen molar-refractivity contribution >= 4 is 5.78 Å². The number of ketones is 1. The number of nitrogens with one attached hydrogen (secondary N) is 1. The van der Waals surface area contributed by atoms with Gasteiger partial charge in [0.1, 0.15) is 12.4 Å². The van der Waals surface area contributed by atoms with E-state index in [9.17, 15) is 4.79 Å². The van der Waals surface area contributed by atoms with Gasteiger partial charge in [-0.1, -0.05) is 12.1 Å². The summed E-state index contributed by atoms with van der Waals surface area (Å²) < 4.78 is 10.6. The predicted molar refractivity (Wildman–Crippen MR) is 78.4 cm³/mol. The molecular formula is C16H23NO3. The summed E-state index contributed by atoms with van der Waals surface area (Å²) in [6.07, 6.45) is 2.88. The van der Waals surface area contributed by atoms with E-state index < -0.39 is 0 Å². The lowest BCUT2D eigenvalue weighted by atomic mass is 9.92. The van der Waals surface area contributed by atoms with Crippen LogP contribution in [0.25, 0.3) is 0 Å². The van der Waals surface area contributed by atoms with Gasteiger partial charge in [0, 0.05) is 13.5 Å². The topological polar surface area (TPSA) is 47.6 Å². The quantitative estimate of drug-likeness (QED) is 0.613. The van der Waals surface area contributed by atoms with Crippen molar-refractivity contribution in [3.63, 3.8) is 0 Å². The molecule has 1 unspecified atom stereocenters. The van der Waals surface area contributed by atoms with Crippen LogP contribution >= 0.6 is 0 Å². The largest absolute Gasteiger partial charge is 0.490 e. The number of hydrogen-bond acceptors (Lipinski definition) is 4. The molecule has 1 aliphatic rings. The van der Waals surface area contributed by atoms with E-state index in [0.717, 1.165) is 25.9 Å². The number of Topliss-reactive ketones (excluding diaryl/α,β-unsaturated/α-hetero) is 1. The minimum absolute atomic E-state index is 0.173. The van der Waals surface area contributed by atoms with Crippen molar-refractivity contribution in [2.75, 3.05) is 33.4 Å². The Balaban J connectivity index is 1.97. The highest BCUT2D eigenvalue weighted by atomic mass is 16.5. The molecule has 4 heteroatoms. The first kappa shape index (κ1) is 15.0. The molecule has 0 bridgehead atoms. The Kier molecular flexibility index (Phi) is 6.02. The Morgan fingerprint density at radius 3 is 2.95 bits per heavy atom. The first-order valence-electron chi connectivity index (χ1n) is 7.26. The number of methoxy groups -OCH3 is 1. The van der Waals surface area contributed by atoms with Crippen molar-refractivity contribution in [3.05, 3.63) is 29.8 Å². The monoisotopic (exact) mass is 277 g/mol. The first-order valence-corrected chi connectivity index (χ1v) is 7.26. The van der Waals surface area contributed by atoms with Gasteiger partial charge in [0.25, 0.3) is 0 Å². The van der Waals surface area contributed by atoms with Crippen molar-refractivity contribution in [2.24, 2.45) is 5.92 Å². The molecule has 20 heavy (non-hydrogen) atoms. The van der Waals surface area contributed by atoms with Crippen LogP contribution < -0.4 is 10.1 Å². The normalized spacial score (nSPS) is 18.8. The second-order valence-electron chi connectivity index (χ2n) is 5.18. The summed E-state index contributed by atoms with van der Waals surface area (Å²) in [6, 6.07) is 7.47. The van der Waals surface area contributed by atoms with Gasteiger partial charge in [0.15, 0.2) is 5.78 Å². The number of para-hydroxylation sites is 1. The molecule has 1 atom stereocenters. The molecule has 0 radical (unpaired) electrons. The van der Waals surface area contributed by atoms with Gasteiger partial charge >= 0.3 is 0 Å². The molecule has 1 fully saturated rings. The number of piperidine rings is 1. The second kappa shape index (κ2) is 8.02. The molecule has 110 valence electrons. The highest BCUT2D eigenvalue weighted by Gasteiger charge is 2.19. The molecule has 1 aromatic rings. The lowest BCUT2D eigenvalue weighted by Gasteiger charge is -2.22. The second-order valence-corrected chi connectivity index (χ2v) is 5.18. The molecule has 1 heterocycles. The van der Waals surface area contributed by atoms with E-state index >= 15 is 0 Å². The van der Waals surface area contributed by atoms with Gasteiger partial charge in [-0.05, 0) is 44.0 Å². The van der Waals surface area contributed by atoms with E-state index in [-0.39, 0.29) is 5.78 Å². The fourth-order valence-corrected chi connectivity index (χ4v) is 2.53. The van der Waals surface area contributed by atoms with Crippen molar-refractivity contribution in [2.45, 2.75) is 19.3 Å². The van der Waals surface area contributed by atoms with E-state index in [1.54, 1.807) is 7.11 Å². The van der Waals surface area contributed by atoms with Crippen LogP contribution in [-0.4, -0.2) is 39.2 Å². The van der Waals surface area contributed by atoms with Crippen LogP contribution in [0.4, 0.5) is 0 Å². The smallest absolute Gasteiger partial charge is 0.166 e. The van der Waals surface area contributed by atoms with Crippen molar-refractivity contribution in [3.8, 4) is 5.75 Å². The van der Waals surface area contributed by atoms with Gasteiger partial charge in [0.2, 0.25) is 0 Å². The lowest BCUT2D eigenvalue weighted by molar-refractivity contribution is 0.0946. The van der Waals surface area contributed by atoms with Crippen LogP contribution in [-0.2, 0) is 4.74 Å². The van der Waals surface area contributed by atoms with E-state index in [1.807, 2.05) is 24.3 Å². The molecule has 2 rings (SSSR count). The zero-order valence-electron chi connectivity index (χ0n) is 12.1. The third-order valence-corrected chi connectivity index (χ3v) is 3.61. The molecule has 0 spiro atoms. The predicted octanol–water partition coefficient (Wildman–Crippen LogP) is 2.28. The van der Waals surface area contributed by atoms with Crippen LogP contribution in [0.2, 0.25) is 0 Å². The summed E-state index contributed by atoms with van der Waals surface area (Å²) in [5.41, 5.74) is 0.689. The van der Waals surface area contributed by atoms with E-state index in [1.165, 1.54) is 0 Å². The molecule has 0 aromatic heterocycles. The summed E-state index contributed by atoms with van der Waals surface area (Å²) in [7, 11) is 1.64. The molecular weight excluding hydrogens is 254 g/mol. The number of rotatable bonds is 7. The Bertz CT molecular complexity index is 427. The number of carbonyl (C=O) groups excluding carboxylic acids is 1. The number of carbonyl (C=O) groups is 1. The Morgan fingerprint density at radius 1 is 1.35 bits per heavy atom. The lowest BCUT2D eigenvalue weighted by Crippen LogP contribution is -2.31. The van der Waals surface area contributed by atoms with Crippen molar-refractivity contribution in [1.29, 1.82) is 0 Å². The minimum Gasteiger partial charge on any atom is -0.490 e. The Labute approximate surface area is 120 Å². The van der Waals surface area contributed by atoms with Crippen LogP contribution in [0.3, 0.4) is 0 Å². The third kappa shape index (κ3) is 4.32. The van der Waals surface area contributed by atoms with E-state index in [2.05, 4.69) is 5.32 Å². The van der Waals surface area contributed by atoms with Gasteiger partial charge in [-0.25, -0.2) is 0 Å². The van der Waals surface area contributed by atoms with Crippen molar-refractivity contribution < 1.29 is 14.3 Å². The molecule has 1 aromatic carbocycles. The summed E-state index contributed by atoms with van der Waals surface area (Å²) >= 11 is 0. The van der Waals surface area contributed by atoms with Gasteiger partial charge in [-0.3, -0.25) is 4.79 Å². The maximum atomic E-state index is 12.4. The summed E-state index contributed by atoms with van der Waals surface area (Å²) in [6.45, 7) is 3.00. The molecule has 1 saturated heterocycles. The summed E-state index contributed by atoms with van der Waals surface area (Å²) in [4.78, 5) is 12.4. The highest BCUT2D eigenvalue weighted by molar-refractivity contribution is 5.98. The summed E-state index contributed by atoms with van der Waals surface area (Å²) in [5, 5.41) is 3.35.